The molecule has 0 spiro atoms. The predicted octanol–water partition coefficient (Wildman–Crippen LogP) is 1.49. The van der Waals surface area contributed by atoms with Crippen LogP contribution in [0.4, 0.5) is 5.82 Å². The van der Waals surface area contributed by atoms with Crippen molar-refractivity contribution in [3.63, 3.8) is 0 Å². The van der Waals surface area contributed by atoms with Crippen molar-refractivity contribution >= 4 is 17.4 Å². The van der Waals surface area contributed by atoms with Crippen molar-refractivity contribution < 1.29 is 4.74 Å². The molecule has 0 amide bonds. The van der Waals surface area contributed by atoms with E-state index in [2.05, 4.69) is 4.98 Å². The lowest BCUT2D eigenvalue weighted by Crippen LogP contribution is -2.55. The number of aryl methyl sites for hydroxylation is 1. The standard InChI is InChI=1S/C13H20ClN3O2/c1-4-16-6-5-15-11(12(16)18)17-8-10(7-14)19-13(2,3)9-17/h5-6,10H,4,7-9H2,1-3H3. The van der Waals surface area contributed by atoms with Gasteiger partial charge >= 0.3 is 0 Å². The lowest BCUT2D eigenvalue weighted by Gasteiger charge is -2.42. The summed E-state index contributed by atoms with van der Waals surface area (Å²) in [7, 11) is 0. The fourth-order valence-electron chi connectivity index (χ4n) is 2.44. The summed E-state index contributed by atoms with van der Waals surface area (Å²) in [5, 5.41) is 0. The second-order valence-electron chi connectivity index (χ2n) is 5.38. The second-order valence-corrected chi connectivity index (χ2v) is 5.69. The topological polar surface area (TPSA) is 47.4 Å². The van der Waals surface area contributed by atoms with Crippen molar-refractivity contribution in [3.05, 3.63) is 22.7 Å². The largest absolute Gasteiger partial charge is 0.367 e. The number of nitrogens with zero attached hydrogens (tertiary/aromatic N) is 3. The number of aromatic nitrogens is 2. The maximum absolute atomic E-state index is 12.3. The molecular formula is C13H20ClN3O2. The van der Waals surface area contributed by atoms with Crippen molar-refractivity contribution in [2.75, 3.05) is 23.9 Å². The molecule has 1 atom stereocenters. The first-order valence-corrected chi connectivity index (χ1v) is 7.04. The Kier molecular flexibility index (Phi) is 4.16. The van der Waals surface area contributed by atoms with E-state index in [0.29, 0.717) is 31.3 Å². The van der Waals surface area contributed by atoms with Crippen molar-refractivity contribution in [2.24, 2.45) is 0 Å². The highest BCUT2D eigenvalue weighted by molar-refractivity contribution is 6.18. The molecule has 2 rings (SSSR count). The Hall–Kier alpha value is -1.07. The Balaban J connectivity index is 2.33. The molecule has 0 aliphatic carbocycles. The van der Waals surface area contributed by atoms with Crippen LogP contribution in [0.25, 0.3) is 0 Å². The van der Waals surface area contributed by atoms with Crippen LogP contribution in [0.2, 0.25) is 0 Å². The number of morpholine rings is 1. The molecule has 106 valence electrons. The summed E-state index contributed by atoms with van der Waals surface area (Å²) in [6.07, 6.45) is 3.29. The van der Waals surface area contributed by atoms with E-state index >= 15 is 0 Å². The zero-order chi connectivity index (χ0) is 14.0. The highest BCUT2D eigenvalue weighted by Crippen LogP contribution is 2.23. The van der Waals surface area contributed by atoms with Crippen LogP contribution in [0.3, 0.4) is 0 Å². The minimum atomic E-state index is -0.335. The van der Waals surface area contributed by atoms with Crippen LogP contribution < -0.4 is 10.5 Å². The summed E-state index contributed by atoms with van der Waals surface area (Å²) in [5.74, 6) is 0.894. The monoisotopic (exact) mass is 285 g/mol. The van der Waals surface area contributed by atoms with E-state index in [9.17, 15) is 4.79 Å². The third-order valence-electron chi connectivity index (χ3n) is 3.19. The van der Waals surface area contributed by atoms with Crippen molar-refractivity contribution in [2.45, 2.75) is 39.0 Å². The molecule has 1 unspecified atom stereocenters. The van der Waals surface area contributed by atoms with Crippen molar-refractivity contribution in [3.8, 4) is 0 Å². The molecule has 2 heterocycles. The molecule has 0 radical (unpaired) electrons. The van der Waals surface area contributed by atoms with Gasteiger partial charge in [-0.15, -0.1) is 11.6 Å². The molecule has 1 fully saturated rings. The molecule has 1 aromatic rings. The summed E-state index contributed by atoms with van der Waals surface area (Å²) < 4.78 is 7.51. The molecular weight excluding hydrogens is 266 g/mol. The van der Waals surface area contributed by atoms with Gasteiger partial charge in [0.05, 0.1) is 17.6 Å². The number of ether oxygens (including phenoxy) is 1. The molecule has 0 bridgehead atoms. The first-order chi connectivity index (χ1) is 8.96. The van der Waals surface area contributed by atoms with E-state index in [1.807, 2.05) is 25.7 Å². The Bertz CT molecular complexity index is 501. The van der Waals surface area contributed by atoms with Gasteiger partial charge in [0.2, 0.25) is 0 Å². The third kappa shape index (κ3) is 3.09. The maximum atomic E-state index is 12.3. The molecule has 0 N–H and O–H groups in total. The zero-order valence-corrected chi connectivity index (χ0v) is 12.4. The molecule has 5 nitrogen and oxygen atoms in total. The second kappa shape index (κ2) is 5.51. The number of halogens is 1. The van der Waals surface area contributed by atoms with Crippen LogP contribution in [0, 0.1) is 0 Å². The fraction of sp³-hybridized carbons (Fsp3) is 0.692. The van der Waals surface area contributed by atoms with Gasteiger partial charge in [0.25, 0.3) is 5.56 Å². The Morgan fingerprint density at radius 2 is 2.32 bits per heavy atom. The summed E-state index contributed by atoms with van der Waals surface area (Å²) in [5.41, 5.74) is -0.394. The average molecular weight is 286 g/mol. The van der Waals surface area contributed by atoms with Crippen molar-refractivity contribution in [1.29, 1.82) is 0 Å². The normalized spacial score (nSPS) is 22.5. The molecule has 1 aromatic heterocycles. The van der Waals surface area contributed by atoms with Gasteiger partial charge in [0, 0.05) is 32.0 Å². The lowest BCUT2D eigenvalue weighted by atomic mass is 10.1. The number of hydrogen-bond acceptors (Lipinski definition) is 4. The number of anilines is 1. The van der Waals surface area contributed by atoms with Gasteiger partial charge in [-0.25, -0.2) is 4.98 Å². The van der Waals surface area contributed by atoms with Crippen LogP contribution in [0.15, 0.2) is 17.2 Å². The highest BCUT2D eigenvalue weighted by Gasteiger charge is 2.34. The highest BCUT2D eigenvalue weighted by atomic mass is 35.5. The van der Waals surface area contributed by atoms with Crippen LogP contribution in [-0.2, 0) is 11.3 Å². The predicted molar refractivity (Wildman–Crippen MR) is 76.1 cm³/mol. The molecule has 1 saturated heterocycles. The summed E-state index contributed by atoms with van der Waals surface area (Å²) >= 11 is 5.90. The molecule has 19 heavy (non-hydrogen) atoms. The van der Waals surface area contributed by atoms with Gasteiger partial charge in [-0.1, -0.05) is 0 Å². The molecule has 0 aromatic carbocycles. The fourth-order valence-corrected chi connectivity index (χ4v) is 2.60. The molecule has 1 aliphatic heterocycles. The van der Waals surface area contributed by atoms with Crippen LogP contribution in [0.1, 0.15) is 20.8 Å². The Morgan fingerprint density at radius 1 is 1.58 bits per heavy atom. The SMILES string of the molecule is CCn1ccnc(N2CC(CCl)OC(C)(C)C2)c1=O. The first-order valence-electron chi connectivity index (χ1n) is 6.51. The van der Waals surface area contributed by atoms with E-state index in [1.54, 1.807) is 17.0 Å². The van der Waals surface area contributed by atoms with E-state index in [1.165, 1.54) is 0 Å². The van der Waals surface area contributed by atoms with Gasteiger partial charge in [-0.2, -0.15) is 0 Å². The summed E-state index contributed by atoms with van der Waals surface area (Å²) in [4.78, 5) is 18.5. The van der Waals surface area contributed by atoms with Crippen molar-refractivity contribution in [1.82, 2.24) is 9.55 Å². The van der Waals surface area contributed by atoms with Gasteiger partial charge in [0.1, 0.15) is 0 Å². The molecule has 6 heteroatoms. The van der Waals surface area contributed by atoms with E-state index in [-0.39, 0.29) is 17.3 Å². The van der Waals surface area contributed by atoms with Crippen LogP contribution in [-0.4, -0.2) is 40.2 Å². The minimum Gasteiger partial charge on any atom is -0.367 e. The van der Waals surface area contributed by atoms with Crippen LogP contribution >= 0.6 is 11.6 Å². The Morgan fingerprint density at radius 3 is 2.95 bits per heavy atom. The summed E-state index contributed by atoms with van der Waals surface area (Å²) in [6.45, 7) is 7.82. The van der Waals surface area contributed by atoms with Gasteiger partial charge in [0.15, 0.2) is 5.82 Å². The average Bonchev–Trinajstić information content (AvgIpc) is 2.37. The lowest BCUT2D eigenvalue weighted by molar-refractivity contribution is -0.0737. The quantitative estimate of drug-likeness (QED) is 0.790. The van der Waals surface area contributed by atoms with E-state index in [4.69, 9.17) is 16.3 Å². The molecule has 0 saturated carbocycles. The van der Waals surface area contributed by atoms with Gasteiger partial charge in [-0.3, -0.25) is 4.79 Å². The van der Waals surface area contributed by atoms with Gasteiger partial charge < -0.3 is 14.2 Å². The number of hydrogen-bond donors (Lipinski definition) is 0. The van der Waals surface area contributed by atoms with E-state index in [0.717, 1.165) is 0 Å². The summed E-state index contributed by atoms with van der Waals surface area (Å²) in [6, 6.07) is 0. The zero-order valence-electron chi connectivity index (χ0n) is 11.6. The Labute approximate surface area is 118 Å². The van der Waals surface area contributed by atoms with Gasteiger partial charge in [-0.05, 0) is 20.8 Å². The molecule has 1 aliphatic rings. The van der Waals surface area contributed by atoms with E-state index < -0.39 is 0 Å². The first kappa shape index (κ1) is 14.3. The maximum Gasteiger partial charge on any atom is 0.293 e. The third-order valence-corrected chi connectivity index (χ3v) is 3.53. The minimum absolute atomic E-state index is 0.0592. The number of alkyl halides is 1. The smallest absolute Gasteiger partial charge is 0.293 e. The van der Waals surface area contributed by atoms with Crippen LogP contribution in [0.5, 0.6) is 0 Å². The number of rotatable bonds is 3.